The van der Waals surface area contributed by atoms with Crippen LogP contribution in [-0.2, 0) is 0 Å². The molecule has 0 radical (unpaired) electrons. The fourth-order valence-corrected chi connectivity index (χ4v) is 2.86. The van der Waals surface area contributed by atoms with Gasteiger partial charge >= 0.3 is 0 Å². The number of H-pyrrole nitrogens is 1. The van der Waals surface area contributed by atoms with E-state index in [0.29, 0.717) is 6.04 Å². The maximum absolute atomic E-state index is 4.65. The first kappa shape index (κ1) is 13.6. The number of hydrogen-bond donors (Lipinski definition) is 2. The SMILES string of the molecule is Cc1c(Br)cccc1-c1nc(N2CCN[C@@H](C)C2)n[nH]1. The van der Waals surface area contributed by atoms with Crippen LogP contribution in [0.5, 0.6) is 0 Å². The highest BCUT2D eigenvalue weighted by Gasteiger charge is 2.20. The van der Waals surface area contributed by atoms with Gasteiger partial charge in [0.05, 0.1) is 0 Å². The molecule has 1 atom stereocenters. The Morgan fingerprint density at radius 1 is 1.40 bits per heavy atom. The molecule has 0 bridgehead atoms. The van der Waals surface area contributed by atoms with E-state index in [9.17, 15) is 0 Å². The van der Waals surface area contributed by atoms with Crippen LogP contribution in [0.4, 0.5) is 5.95 Å². The smallest absolute Gasteiger partial charge is 0.245 e. The van der Waals surface area contributed by atoms with Crippen molar-refractivity contribution >= 4 is 21.9 Å². The topological polar surface area (TPSA) is 56.8 Å². The first-order valence-electron chi connectivity index (χ1n) is 6.81. The number of aromatic amines is 1. The van der Waals surface area contributed by atoms with E-state index in [1.165, 1.54) is 5.56 Å². The minimum absolute atomic E-state index is 0.471. The van der Waals surface area contributed by atoms with Crippen LogP contribution >= 0.6 is 15.9 Å². The molecule has 2 N–H and O–H groups in total. The molecule has 0 spiro atoms. The summed E-state index contributed by atoms with van der Waals surface area (Å²) in [5.41, 5.74) is 2.25. The molecule has 0 saturated carbocycles. The van der Waals surface area contributed by atoms with Gasteiger partial charge in [0.25, 0.3) is 0 Å². The minimum Gasteiger partial charge on any atom is -0.337 e. The van der Waals surface area contributed by atoms with Gasteiger partial charge in [-0.3, -0.25) is 5.10 Å². The summed E-state index contributed by atoms with van der Waals surface area (Å²) in [7, 11) is 0. The fourth-order valence-electron chi connectivity index (χ4n) is 2.49. The molecule has 0 aliphatic carbocycles. The lowest BCUT2D eigenvalue weighted by molar-refractivity contribution is 0.480. The number of nitrogens with zero attached hydrogens (tertiary/aromatic N) is 3. The number of benzene rings is 1. The van der Waals surface area contributed by atoms with Crippen LogP contribution in [0.2, 0.25) is 0 Å². The molecule has 1 aromatic carbocycles. The lowest BCUT2D eigenvalue weighted by Gasteiger charge is -2.30. The van der Waals surface area contributed by atoms with Gasteiger partial charge in [0.2, 0.25) is 5.95 Å². The average molecular weight is 336 g/mol. The number of rotatable bonds is 2. The van der Waals surface area contributed by atoms with E-state index < -0.39 is 0 Å². The van der Waals surface area contributed by atoms with Crippen LogP contribution in [0.15, 0.2) is 22.7 Å². The highest BCUT2D eigenvalue weighted by molar-refractivity contribution is 9.10. The van der Waals surface area contributed by atoms with Crippen molar-refractivity contribution in [3.8, 4) is 11.4 Å². The summed E-state index contributed by atoms with van der Waals surface area (Å²) in [6.45, 7) is 7.11. The van der Waals surface area contributed by atoms with Crippen LogP contribution in [0.1, 0.15) is 12.5 Å². The molecule has 2 heterocycles. The van der Waals surface area contributed by atoms with Crippen molar-refractivity contribution in [1.29, 1.82) is 0 Å². The number of piperazine rings is 1. The molecule has 1 aliphatic heterocycles. The predicted octanol–water partition coefficient (Wildman–Crippen LogP) is 2.34. The summed E-state index contributed by atoms with van der Waals surface area (Å²) < 4.78 is 1.09. The molecule has 0 amide bonds. The molecular formula is C14H18BrN5. The van der Waals surface area contributed by atoms with Crippen molar-refractivity contribution < 1.29 is 0 Å². The Kier molecular flexibility index (Phi) is 3.76. The van der Waals surface area contributed by atoms with Crippen LogP contribution < -0.4 is 10.2 Å². The molecule has 0 unspecified atom stereocenters. The quantitative estimate of drug-likeness (QED) is 0.884. The van der Waals surface area contributed by atoms with Gasteiger partial charge in [-0.25, -0.2) is 0 Å². The lowest BCUT2D eigenvalue weighted by atomic mass is 10.1. The number of hydrogen-bond acceptors (Lipinski definition) is 4. The third kappa shape index (κ3) is 2.58. The van der Waals surface area contributed by atoms with E-state index in [4.69, 9.17) is 0 Å². The second-order valence-corrected chi connectivity index (χ2v) is 6.05. The van der Waals surface area contributed by atoms with Gasteiger partial charge in [0.15, 0.2) is 5.82 Å². The zero-order valence-corrected chi connectivity index (χ0v) is 13.2. The summed E-state index contributed by atoms with van der Waals surface area (Å²) in [4.78, 5) is 6.87. The van der Waals surface area contributed by atoms with Crippen LogP contribution in [0.3, 0.4) is 0 Å². The number of halogens is 1. The van der Waals surface area contributed by atoms with E-state index in [2.05, 4.69) is 61.2 Å². The third-order valence-electron chi connectivity index (χ3n) is 3.65. The van der Waals surface area contributed by atoms with Gasteiger partial charge < -0.3 is 10.2 Å². The number of nitrogens with one attached hydrogen (secondary N) is 2. The minimum atomic E-state index is 0.471. The van der Waals surface area contributed by atoms with Crippen molar-refractivity contribution in [2.24, 2.45) is 0 Å². The maximum Gasteiger partial charge on any atom is 0.245 e. The Hall–Kier alpha value is -1.40. The molecule has 20 heavy (non-hydrogen) atoms. The second kappa shape index (κ2) is 5.54. The van der Waals surface area contributed by atoms with Crippen molar-refractivity contribution in [1.82, 2.24) is 20.5 Å². The Bertz CT molecular complexity index is 609. The fraction of sp³-hybridized carbons (Fsp3) is 0.429. The van der Waals surface area contributed by atoms with Crippen LogP contribution in [0.25, 0.3) is 11.4 Å². The highest BCUT2D eigenvalue weighted by atomic mass is 79.9. The summed E-state index contributed by atoms with van der Waals surface area (Å²) >= 11 is 3.55. The normalized spacial score (nSPS) is 19.4. The van der Waals surface area contributed by atoms with Gasteiger partial charge in [-0.1, -0.05) is 28.1 Å². The van der Waals surface area contributed by atoms with Gasteiger partial charge in [-0.05, 0) is 25.5 Å². The number of aromatic nitrogens is 3. The van der Waals surface area contributed by atoms with E-state index in [0.717, 1.165) is 41.4 Å². The van der Waals surface area contributed by atoms with E-state index in [1.54, 1.807) is 0 Å². The molecule has 1 fully saturated rings. The standard InChI is InChI=1S/C14H18BrN5/c1-9-8-20(7-6-16-9)14-17-13(18-19-14)11-4-3-5-12(15)10(11)2/h3-5,9,16H,6-8H2,1-2H3,(H,17,18,19)/t9-/m0/s1. The molecule has 5 nitrogen and oxygen atoms in total. The Morgan fingerprint density at radius 2 is 2.25 bits per heavy atom. The Morgan fingerprint density at radius 3 is 3.05 bits per heavy atom. The molecule has 1 aromatic heterocycles. The second-order valence-electron chi connectivity index (χ2n) is 5.20. The highest BCUT2D eigenvalue weighted by Crippen LogP contribution is 2.27. The number of anilines is 1. The Balaban J connectivity index is 1.88. The molecule has 3 rings (SSSR count). The third-order valence-corrected chi connectivity index (χ3v) is 4.51. The van der Waals surface area contributed by atoms with Gasteiger partial charge in [-0.2, -0.15) is 4.98 Å². The first-order valence-corrected chi connectivity index (χ1v) is 7.60. The summed E-state index contributed by atoms with van der Waals surface area (Å²) in [6.07, 6.45) is 0. The van der Waals surface area contributed by atoms with E-state index in [-0.39, 0.29) is 0 Å². The first-order chi connectivity index (χ1) is 9.65. The molecular weight excluding hydrogens is 318 g/mol. The molecule has 1 aliphatic rings. The summed E-state index contributed by atoms with van der Waals surface area (Å²) in [5, 5.41) is 10.8. The van der Waals surface area contributed by atoms with Crippen LogP contribution in [0, 0.1) is 6.92 Å². The zero-order valence-electron chi connectivity index (χ0n) is 11.7. The van der Waals surface area contributed by atoms with Crippen molar-refractivity contribution in [2.45, 2.75) is 19.9 Å². The van der Waals surface area contributed by atoms with Crippen molar-refractivity contribution in [3.63, 3.8) is 0 Å². The molecule has 6 heteroatoms. The van der Waals surface area contributed by atoms with Gasteiger partial charge in [0, 0.05) is 35.7 Å². The largest absolute Gasteiger partial charge is 0.337 e. The zero-order chi connectivity index (χ0) is 14.1. The molecule has 2 aromatic rings. The Labute approximate surface area is 126 Å². The van der Waals surface area contributed by atoms with Crippen LogP contribution in [-0.4, -0.2) is 40.9 Å². The molecule has 1 saturated heterocycles. The lowest BCUT2D eigenvalue weighted by Crippen LogP contribution is -2.49. The van der Waals surface area contributed by atoms with E-state index >= 15 is 0 Å². The van der Waals surface area contributed by atoms with E-state index in [1.807, 2.05) is 12.1 Å². The van der Waals surface area contributed by atoms with Crippen molar-refractivity contribution in [2.75, 3.05) is 24.5 Å². The van der Waals surface area contributed by atoms with Gasteiger partial charge in [0.1, 0.15) is 0 Å². The summed E-state index contributed by atoms with van der Waals surface area (Å²) in [6, 6.07) is 6.58. The molecule has 106 valence electrons. The maximum atomic E-state index is 4.65. The average Bonchev–Trinajstić information content (AvgIpc) is 2.91. The van der Waals surface area contributed by atoms with Crippen molar-refractivity contribution in [3.05, 3.63) is 28.2 Å². The predicted molar refractivity (Wildman–Crippen MR) is 83.9 cm³/mol. The monoisotopic (exact) mass is 335 g/mol. The van der Waals surface area contributed by atoms with Gasteiger partial charge in [-0.15, -0.1) is 5.10 Å². The summed E-state index contributed by atoms with van der Waals surface area (Å²) in [5.74, 6) is 1.61.